The molecule has 0 spiro atoms. The van der Waals surface area contributed by atoms with Crippen LogP contribution in [-0.4, -0.2) is 48.8 Å². The van der Waals surface area contributed by atoms with Crippen LogP contribution in [0, 0.1) is 33.5 Å². The Labute approximate surface area is 222 Å². The SMILES string of the molecule is CCN(CCO)CCCCCCCCNC(CC(C)(C)C)C(C)(C)C(C)C(C)(C)C(C)C(C)(C)C. The highest BCUT2D eigenvalue weighted by Gasteiger charge is 2.47. The summed E-state index contributed by atoms with van der Waals surface area (Å²) in [5.41, 5.74) is 1.12. The van der Waals surface area contributed by atoms with E-state index >= 15 is 0 Å². The van der Waals surface area contributed by atoms with E-state index in [-0.39, 0.29) is 17.4 Å². The second-order valence-corrected chi connectivity index (χ2v) is 15.0. The van der Waals surface area contributed by atoms with E-state index < -0.39 is 0 Å². The Morgan fingerprint density at radius 2 is 1.20 bits per heavy atom. The molecule has 0 amide bonds. The summed E-state index contributed by atoms with van der Waals surface area (Å²) in [5, 5.41) is 13.2. The highest BCUT2D eigenvalue weighted by Crippen LogP contribution is 2.52. The molecule has 0 aliphatic heterocycles. The van der Waals surface area contributed by atoms with Crippen LogP contribution < -0.4 is 5.32 Å². The van der Waals surface area contributed by atoms with Crippen LogP contribution in [0.1, 0.15) is 135 Å². The third kappa shape index (κ3) is 12.8. The summed E-state index contributed by atoms with van der Waals surface area (Å²) in [5.74, 6) is 1.25. The minimum atomic E-state index is 0.218. The fourth-order valence-electron chi connectivity index (χ4n) is 5.98. The van der Waals surface area contributed by atoms with Crippen molar-refractivity contribution in [1.29, 1.82) is 0 Å². The molecule has 0 aliphatic rings. The van der Waals surface area contributed by atoms with E-state index in [4.69, 9.17) is 5.11 Å². The molecule has 3 atom stereocenters. The zero-order valence-corrected chi connectivity index (χ0v) is 26.6. The van der Waals surface area contributed by atoms with Crippen LogP contribution in [-0.2, 0) is 0 Å². The van der Waals surface area contributed by atoms with Crippen molar-refractivity contribution in [2.75, 3.05) is 32.8 Å². The van der Waals surface area contributed by atoms with Gasteiger partial charge in [-0.1, -0.05) is 116 Å². The Kier molecular flexibility index (Phi) is 15.3. The molecule has 0 saturated heterocycles. The van der Waals surface area contributed by atoms with Gasteiger partial charge < -0.3 is 15.3 Å². The lowest BCUT2D eigenvalue weighted by molar-refractivity contribution is -0.0274. The lowest BCUT2D eigenvalue weighted by atomic mass is 9.54. The van der Waals surface area contributed by atoms with E-state index in [1.165, 1.54) is 44.9 Å². The van der Waals surface area contributed by atoms with Crippen LogP contribution >= 0.6 is 0 Å². The third-order valence-corrected chi connectivity index (χ3v) is 9.52. The van der Waals surface area contributed by atoms with Crippen molar-refractivity contribution in [3.63, 3.8) is 0 Å². The zero-order valence-electron chi connectivity index (χ0n) is 26.6. The standard InChI is InChI=1S/C32H68N2O/c1-14-34(23-24-35)22-20-18-16-15-17-19-21-33-28(25-29(4,5)6)32(12,13)27(3)31(10,11)26(2)30(7,8)9/h26-28,33,35H,14-25H2,1-13H3. The van der Waals surface area contributed by atoms with Gasteiger partial charge in [-0.25, -0.2) is 0 Å². The van der Waals surface area contributed by atoms with Crippen molar-refractivity contribution in [2.24, 2.45) is 33.5 Å². The molecule has 0 aromatic rings. The first-order valence-electron chi connectivity index (χ1n) is 15.0. The number of likely N-dealkylation sites (N-methyl/N-ethyl adjacent to an activating group) is 1. The molecular weight excluding hydrogens is 428 g/mol. The summed E-state index contributed by atoms with van der Waals surface area (Å²) < 4.78 is 0. The molecule has 0 radical (unpaired) electrons. The summed E-state index contributed by atoms with van der Waals surface area (Å²) >= 11 is 0. The van der Waals surface area contributed by atoms with Crippen LogP contribution in [0.25, 0.3) is 0 Å². The van der Waals surface area contributed by atoms with E-state index in [1.807, 2.05) is 0 Å². The van der Waals surface area contributed by atoms with Gasteiger partial charge in [-0.15, -0.1) is 0 Å². The molecule has 0 aliphatic carbocycles. The van der Waals surface area contributed by atoms with Gasteiger partial charge in [0.15, 0.2) is 0 Å². The minimum Gasteiger partial charge on any atom is -0.395 e. The predicted molar refractivity (Wildman–Crippen MR) is 158 cm³/mol. The summed E-state index contributed by atoms with van der Waals surface area (Å²) in [6, 6.07) is 0.524. The zero-order chi connectivity index (χ0) is 27.5. The normalized spacial score (nSPS) is 16.5. The van der Waals surface area contributed by atoms with Crippen molar-refractivity contribution in [2.45, 2.75) is 141 Å². The highest BCUT2D eigenvalue weighted by atomic mass is 16.3. The van der Waals surface area contributed by atoms with E-state index in [0.717, 1.165) is 26.2 Å². The van der Waals surface area contributed by atoms with Crippen LogP contribution in [0.15, 0.2) is 0 Å². The molecule has 0 aromatic heterocycles. The maximum Gasteiger partial charge on any atom is 0.0558 e. The second kappa shape index (κ2) is 15.3. The minimum absolute atomic E-state index is 0.218. The van der Waals surface area contributed by atoms with Crippen molar-refractivity contribution < 1.29 is 5.11 Å². The first kappa shape index (κ1) is 34.9. The monoisotopic (exact) mass is 497 g/mol. The lowest BCUT2D eigenvalue weighted by Crippen LogP contribution is -2.53. The van der Waals surface area contributed by atoms with Gasteiger partial charge in [0.1, 0.15) is 0 Å². The van der Waals surface area contributed by atoms with Crippen LogP contribution in [0.2, 0.25) is 0 Å². The summed E-state index contributed by atoms with van der Waals surface area (Å²) in [6.07, 6.45) is 9.07. The third-order valence-electron chi connectivity index (χ3n) is 9.52. The summed E-state index contributed by atoms with van der Waals surface area (Å²) in [4.78, 5) is 2.35. The molecule has 212 valence electrons. The van der Waals surface area contributed by atoms with Gasteiger partial charge in [0.05, 0.1) is 6.61 Å². The predicted octanol–water partition coefficient (Wildman–Crippen LogP) is 8.41. The van der Waals surface area contributed by atoms with Gasteiger partial charge >= 0.3 is 0 Å². The quantitative estimate of drug-likeness (QED) is 0.187. The van der Waals surface area contributed by atoms with Crippen molar-refractivity contribution in [3.05, 3.63) is 0 Å². The van der Waals surface area contributed by atoms with Crippen molar-refractivity contribution in [3.8, 4) is 0 Å². The van der Waals surface area contributed by atoms with E-state index in [0.29, 0.717) is 28.7 Å². The number of nitrogens with zero attached hydrogens (tertiary/aromatic N) is 1. The molecule has 3 unspecified atom stereocenters. The van der Waals surface area contributed by atoms with Crippen LogP contribution in [0.5, 0.6) is 0 Å². The highest BCUT2D eigenvalue weighted by molar-refractivity contribution is 4.98. The second-order valence-electron chi connectivity index (χ2n) is 15.0. The van der Waals surface area contributed by atoms with Gasteiger partial charge in [0.25, 0.3) is 0 Å². The first-order chi connectivity index (χ1) is 15.9. The number of rotatable bonds is 18. The number of nitrogens with one attached hydrogen (secondary N) is 1. The van der Waals surface area contributed by atoms with E-state index in [1.54, 1.807) is 0 Å². The molecule has 3 nitrogen and oxygen atoms in total. The van der Waals surface area contributed by atoms with Gasteiger partial charge in [0.2, 0.25) is 0 Å². The number of hydrogen-bond donors (Lipinski definition) is 2. The maximum atomic E-state index is 9.12. The Hall–Kier alpha value is -0.120. The topological polar surface area (TPSA) is 35.5 Å². The Morgan fingerprint density at radius 3 is 1.66 bits per heavy atom. The summed E-state index contributed by atoms with van der Waals surface area (Å²) in [7, 11) is 0. The molecule has 0 heterocycles. The summed E-state index contributed by atoms with van der Waals surface area (Å²) in [6.45, 7) is 36.0. The first-order valence-corrected chi connectivity index (χ1v) is 15.0. The largest absolute Gasteiger partial charge is 0.395 e. The number of unbranched alkanes of at least 4 members (excludes halogenated alkanes) is 5. The smallest absolute Gasteiger partial charge is 0.0558 e. The van der Waals surface area contributed by atoms with Gasteiger partial charge in [-0.05, 0) is 72.4 Å². The number of hydrogen-bond acceptors (Lipinski definition) is 3. The van der Waals surface area contributed by atoms with E-state index in [2.05, 4.69) is 100 Å². The van der Waals surface area contributed by atoms with Crippen LogP contribution in [0.4, 0.5) is 0 Å². The maximum absolute atomic E-state index is 9.12. The molecule has 0 bridgehead atoms. The lowest BCUT2D eigenvalue weighted by Gasteiger charge is -2.53. The molecule has 3 heteroatoms. The average molecular weight is 497 g/mol. The molecule has 2 N–H and O–H groups in total. The molecule has 0 rings (SSSR count). The molecular formula is C32H68N2O. The van der Waals surface area contributed by atoms with Crippen molar-refractivity contribution in [1.82, 2.24) is 10.2 Å². The van der Waals surface area contributed by atoms with Gasteiger partial charge in [-0.2, -0.15) is 0 Å². The fourth-order valence-corrected chi connectivity index (χ4v) is 5.98. The van der Waals surface area contributed by atoms with Crippen molar-refractivity contribution >= 4 is 0 Å². The Morgan fingerprint density at radius 1 is 0.686 bits per heavy atom. The molecule has 35 heavy (non-hydrogen) atoms. The van der Waals surface area contributed by atoms with Gasteiger partial charge in [0, 0.05) is 12.6 Å². The number of aliphatic hydroxyl groups excluding tert-OH is 1. The van der Waals surface area contributed by atoms with Gasteiger partial charge in [-0.3, -0.25) is 0 Å². The molecule has 0 fully saturated rings. The van der Waals surface area contributed by atoms with E-state index in [9.17, 15) is 0 Å². The molecule has 0 saturated carbocycles. The average Bonchev–Trinajstić information content (AvgIpc) is 2.73. The Bertz CT molecular complexity index is 541. The fraction of sp³-hybridized carbons (Fsp3) is 1.00. The molecule has 0 aromatic carbocycles. The Balaban J connectivity index is 4.83. The number of aliphatic hydroxyl groups is 1. The van der Waals surface area contributed by atoms with Crippen LogP contribution in [0.3, 0.4) is 0 Å².